The van der Waals surface area contributed by atoms with Gasteiger partial charge in [-0.05, 0) is 48.1 Å². The highest BCUT2D eigenvalue weighted by molar-refractivity contribution is 5.97. The molecule has 0 aromatic heterocycles. The average Bonchev–Trinajstić information content (AvgIpc) is 2.88. The molecule has 0 saturated heterocycles. The van der Waals surface area contributed by atoms with Gasteiger partial charge in [0, 0.05) is 11.7 Å². The van der Waals surface area contributed by atoms with Crippen molar-refractivity contribution in [3.8, 4) is 5.75 Å². The van der Waals surface area contributed by atoms with Crippen LogP contribution in [-0.4, -0.2) is 18.6 Å². The molecule has 2 aromatic rings. The molecule has 126 valence electrons. The average molecular weight is 323 g/mol. The van der Waals surface area contributed by atoms with Gasteiger partial charge in [-0.2, -0.15) is 0 Å². The third-order valence-electron chi connectivity index (χ3n) is 4.56. The van der Waals surface area contributed by atoms with Crippen LogP contribution in [0.3, 0.4) is 0 Å². The number of hydrogen-bond donors (Lipinski definition) is 0. The SMILES string of the molecule is C[C@@H]1Cc2ccccc2N1C(=O)COc1ccc(C(C)(C)C)cc1. The zero-order valence-electron chi connectivity index (χ0n) is 14.9. The lowest BCUT2D eigenvalue weighted by Gasteiger charge is -2.23. The van der Waals surface area contributed by atoms with Crippen molar-refractivity contribution < 1.29 is 9.53 Å². The summed E-state index contributed by atoms with van der Waals surface area (Å²) in [5.41, 5.74) is 3.61. The molecule has 0 bridgehead atoms. The van der Waals surface area contributed by atoms with E-state index in [2.05, 4.69) is 45.9 Å². The van der Waals surface area contributed by atoms with Gasteiger partial charge in [-0.25, -0.2) is 0 Å². The van der Waals surface area contributed by atoms with Gasteiger partial charge in [0.1, 0.15) is 5.75 Å². The summed E-state index contributed by atoms with van der Waals surface area (Å²) in [5, 5.41) is 0. The number of fused-ring (bicyclic) bond motifs is 1. The molecule has 0 radical (unpaired) electrons. The van der Waals surface area contributed by atoms with Crippen molar-refractivity contribution in [2.75, 3.05) is 11.5 Å². The maximum Gasteiger partial charge on any atom is 0.265 e. The highest BCUT2D eigenvalue weighted by atomic mass is 16.5. The molecule has 1 atom stereocenters. The summed E-state index contributed by atoms with van der Waals surface area (Å²) in [5.74, 6) is 0.740. The number of benzene rings is 2. The van der Waals surface area contributed by atoms with E-state index in [-0.39, 0.29) is 24.0 Å². The van der Waals surface area contributed by atoms with Crippen molar-refractivity contribution in [1.82, 2.24) is 0 Å². The van der Waals surface area contributed by atoms with Gasteiger partial charge >= 0.3 is 0 Å². The third kappa shape index (κ3) is 3.30. The molecular formula is C21H25NO2. The molecule has 0 aliphatic carbocycles. The fraction of sp³-hybridized carbons (Fsp3) is 0.381. The van der Waals surface area contributed by atoms with Gasteiger partial charge in [-0.15, -0.1) is 0 Å². The molecule has 24 heavy (non-hydrogen) atoms. The van der Waals surface area contributed by atoms with Crippen molar-refractivity contribution in [1.29, 1.82) is 0 Å². The molecule has 0 saturated carbocycles. The highest BCUT2D eigenvalue weighted by Crippen LogP contribution is 2.32. The zero-order chi connectivity index (χ0) is 17.3. The second kappa shape index (κ2) is 6.31. The Labute approximate surface area is 144 Å². The topological polar surface area (TPSA) is 29.5 Å². The van der Waals surface area contributed by atoms with Crippen molar-refractivity contribution in [2.45, 2.75) is 45.6 Å². The number of anilines is 1. The lowest BCUT2D eigenvalue weighted by Crippen LogP contribution is -2.39. The van der Waals surface area contributed by atoms with Crippen LogP contribution in [-0.2, 0) is 16.6 Å². The fourth-order valence-corrected chi connectivity index (χ4v) is 3.21. The van der Waals surface area contributed by atoms with E-state index in [0.717, 1.165) is 17.9 Å². The molecule has 3 nitrogen and oxygen atoms in total. The first-order chi connectivity index (χ1) is 11.4. The lowest BCUT2D eigenvalue weighted by molar-refractivity contribution is -0.120. The Kier molecular flexibility index (Phi) is 4.35. The van der Waals surface area contributed by atoms with Crippen LogP contribution in [0.4, 0.5) is 5.69 Å². The van der Waals surface area contributed by atoms with Crippen LogP contribution >= 0.6 is 0 Å². The van der Waals surface area contributed by atoms with Crippen molar-refractivity contribution in [3.05, 3.63) is 59.7 Å². The second-order valence-electron chi connectivity index (χ2n) is 7.51. The number of carbonyl (C=O) groups excluding carboxylic acids is 1. The zero-order valence-corrected chi connectivity index (χ0v) is 14.9. The van der Waals surface area contributed by atoms with Crippen molar-refractivity contribution in [2.24, 2.45) is 0 Å². The summed E-state index contributed by atoms with van der Waals surface area (Å²) >= 11 is 0. The number of nitrogens with zero attached hydrogens (tertiary/aromatic N) is 1. The summed E-state index contributed by atoms with van der Waals surface area (Å²) in [4.78, 5) is 14.5. The smallest absolute Gasteiger partial charge is 0.265 e. The molecule has 0 fully saturated rings. The van der Waals surface area contributed by atoms with Crippen LogP contribution < -0.4 is 9.64 Å². The van der Waals surface area contributed by atoms with Gasteiger partial charge in [0.15, 0.2) is 6.61 Å². The van der Waals surface area contributed by atoms with E-state index in [0.29, 0.717) is 0 Å². The predicted molar refractivity (Wildman–Crippen MR) is 97.7 cm³/mol. The minimum atomic E-state index is 0.00680. The van der Waals surface area contributed by atoms with Gasteiger partial charge in [0.05, 0.1) is 0 Å². The molecule has 0 spiro atoms. The van der Waals surface area contributed by atoms with Gasteiger partial charge in [0.25, 0.3) is 5.91 Å². The van der Waals surface area contributed by atoms with Gasteiger partial charge in [-0.3, -0.25) is 4.79 Å². The summed E-state index contributed by atoms with van der Waals surface area (Å²) in [6.45, 7) is 8.68. The van der Waals surface area contributed by atoms with Crippen LogP contribution in [0.2, 0.25) is 0 Å². The Morgan fingerprint density at radius 3 is 2.46 bits per heavy atom. The molecule has 2 aromatic carbocycles. The normalized spacial score (nSPS) is 16.8. The first kappa shape index (κ1) is 16.6. The minimum Gasteiger partial charge on any atom is -0.484 e. The van der Waals surface area contributed by atoms with Crippen LogP contribution in [0.25, 0.3) is 0 Å². The highest BCUT2D eigenvalue weighted by Gasteiger charge is 2.30. The van der Waals surface area contributed by atoms with Crippen molar-refractivity contribution >= 4 is 11.6 Å². The molecule has 3 rings (SSSR count). The van der Waals surface area contributed by atoms with Crippen LogP contribution in [0.5, 0.6) is 5.75 Å². The summed E-state index contributed by atoms with van der Waals surface area (Å²) in [7, 11) is 0. The first-order valence-electron chi connectivity index (χ1n) is 8.49. The number of rotatable bonds is 3. The Balaban J connectivity index is 1.66. The van der Waals surface area contributed by atoms with E-state index in [1.165, 1.54) is 11.1 Å². The first-order valence-corrected chi connectivity index (χ1v) is 8.49. The molecular weight excluding hydrogens is 298 g/mol. The minimum absolute atomic E-state index is 0.00680. The second-order valence-corrected chi connectivity index (χ2v) is 7.51. The molecule has 1 aliphatic heterocycles. The number of amides is 1. The third-order valence-corrected chi connectivity index (χ3v) is 4.56. The molecule has 1 aliphatic rings. The Bertz CT molecular complexity index is 728. The van der Waals surface area contributed by atoms with E-state index in [1.54, 1.807) is 0 Å². The number of hydrogen-bond acceptors (Lipinski definition) is 2. The number of para-hydroxylation sites is 1. The van der Waals surface area contributed by atoms with Crippen molar-refractivity contribution in [3.63, 3.8) is 0 Å². The van der Waals surface area contributed by atoms with E-state index in [4.69, 9.17) is 4.74 Å². The molecule has 0 N–H and O–H groups in total. The molecule has 0 unspecified atom stereocenters. The summed E-state index contributed by atoms with van der Waals surface area (Å²) in [6, 6.07) is 16.3. The maximum absolute atomic E-state index is 12.6. The number of ether oxygens (including phenoxy) is 1. The van der Waals surface area contributed by atoms with Gasteiger partial charge < -0.3 is 9.64 Å². The lowest BCUT2D eigenvalue weighted by atomic mass is 9.87. The standard InChI is InChI=1S/C21H25NO2/c1-15-13-16-7-5-6-8-19(16)22(15)20(23)14-24-18-11-9-17(10-12-18)21(2,3)4/h5-12,15H,13-14H2,1-4H3/t15-/m1/s1. The van der Waals surface area contributed by atoms with Gasteiger partial charge in [-0.1, -0.05) is 51.1 Å². The quantitative estimate of drug-likeness (QED) is 0.841. The van der Waals surface area contributed by atoms with E-state index in [1.807, 2.05) is 35.2 Å². The maximum atomic E-state index is 12.6. The molecule has 1 heterocycles. The van der Waals surface area contributed by atoms with Gasteiger partial charge in [0.2, 0.25) is 0 Å². The Morgan fingerprint density at radius 1 is 1.12 bits per heavy atom. The molecule has 3 heteroatoms. The van der Waals surface area contributed by atoms with E-state index >= 15 is 0 Å². The monoisotopic (exact) mass is 323 g/mol. The van der Waals surface area contributed by atoms with Crippen LogP contribution in [0, 0.1) is 0 Å². The van der Waals surface area contributed by atoms with Crippen LogP contribution in [0.1, 0.15) is 38.8 Å². The number of carbonyl (C=O) groups is 1. The largest absolute Gasteiger partial charge is 0.484 e. The Morgan fingerprint density at radius 2 is 1.79 bits per heavy atom. The van der Waals surface area contributed by atoms with E-state index < -0.39 is 0 Å². The van der Waals surface area contributed by atoms with Crippen LogP contribution in [0.15, 0.2) is 48.5 Å². The summed E-state index contributed by atoms with van der Waals surface area (Å²) in [6.07, 6.45) is 0.905. The molecule has 1 amide bonds. The fourth-order valence-electron chi connectivity index (χ4n) is 3.21. The Hall–Kier alpha value is -2.29. The summed E-state index contributed by atoms with van der Waals surface area (Å²) < 4.78 is 5.72. The predicted octanol–water partition coefficient (Wildman–Crippen LogP) is 4.34. The van der Waals surface area contributed by atoms with E-state index in [9.17, 15) is 4.79 Å².